The molecule has 0 saturated carbocycles. The Morgan fingerprint density at radius 1 is 1.00 bits per heavy atom. The Morgan fingerprint density at radius 2 is 1.69 bits per heavy atom. The number of benzene rings is 2. The van der Waals surface area contributed by atoms with Gasteiger partial charge in [-0.25, -0.2) is 0 Å². The maximum atomic E-state index is 11.6. The van der Waals surface area contributed by atoms with Crippen molar-refractivity contribution < 1.29 is 9.53 Å². The van der Waals surface area contributed by atoms with Crippen LogP contribution in [0.4, 0.5) is 0 Å². The molecule has 164 valence electrons. The van der Waals surface area contributed by atoms with Crippen molar-refractivity contribution in [3.8, 4) is 5.75 Å². The summed E-state index contributed by atoms with van der Waals surface area (Å²) in [4.78, 5) is 18.2. The predicted molar refractivity (Wildman–Crippen MR) is 126 cm³/mol. The van der Waals surface area contributed by atoms with Gasteiger partial charge in [-0.1, -0.05) is 29.8 Å². The molecule has 0 unspecified atom stereocenters. The van der Waals surface area contributed by atoms with Gasteiger partial charge in [0.05, 0.1) is 7.11 Å². The molecule has 2 aromatic carbocycles. The van der Waals surface area contributed by atoms with Gasteiger partial charge in [-0.3, -0.25) is 14.7 Å². The van der Waals surface area contributed by atoms with Crippen LogP contribution >= 0.6 is 0 Å². The standard InChI is InChI=1S/C26H28N4O2/c1-19-3-5-20(6-4-19)14-29(15-21-9-11-28-12-10-21)16-22-17-30(18-26(27)31)25-8-7-23(32-2)13-24(22)25/h3-13,17H,14-16,18H2,1-2H3,(H2,27,31). The zero-order valence-electron chi connectivity index (χ0n) is 18.5. The van der Waals surface area contributed by atoms with E-state index in [9.17, 15) is 4.79 Å². The summed E-state index contributed by atoms with van der Waals surface area (Å²) in [7, 11) is 1.66. The second-order valence-electron chi connectivity index (χ2n) is 8.12. The van der Waals surface area contributed by atoms with E-state index in [4.69, 9.17) is 10.5 Å². The minimum absolute atomic E-state index is 0.144. The minimum atomic E-state index is -0.363. The third-order valence-electron chi connectivity index (χ3n) is 5.57. The number of amides is 1. The van der Waals surface area contributed by atoms with Crippen molar-refractivity contribution in [3.63, 3.8) is 0 Å². The van der Waals surface area contributed by atoms with Crippen LogP contribution in [0, 0.1) is 6.92 Å². The van der Waals surface area contributed by atoms with Crippen molar-refractivity contribution in [2.75, 3.05) is 7.11 Å². The van der Waals surface area contributed by atoms with E-state index in [1.807, 2.05) is 53.5 Å². The number of methoxy groups -OCH3 is 1. The molecule has 0 fully saturated rings. The number of hydrogen-bond acceptors (Lipinski definition) is 4. The lowest BCUT2D eigenvalue weighted by molar-refractivity contribution is -0.118. The summed E-state index contributed by atoms with van der Waals surface area (Å²) >= 11 is 0. The molecular formula is C26H28N4O2. The van der Waals surface area contributed by atoms with Crippen molar-refractivity contribution in [1.29, 1.82) is 0 Å². The number of carbonyl (C=O) groups excluding carboxylic acids is 1. The number of hydrogen-bond donors (Lipinski definition) is 1. The molecule has 0 spiro atoms. The van der Waals surface area contributed by atoms with Crippen LogP contribution in [-0.2, 0) is 31.0 Å². The van der Waals surface area contributed by atoms with E-state index >= 15 is 0 Å². The highest BCUT2D eigenvalue weighted by Crippen LogP contribution is 2.28. The summed E-state index contributed by atoms with van der Waals surface area (Å²) in [5, 5.41) is 1.06. The van der Waals surface area contributed by atoms with Gasteiger partial charge < -0.3 is 15.0 Å². The number of rotatable bonds is 9. The van der Waals surface area contributed by atoms with Crippen molar-refractivity contribution in [2.45, 2.75) is 33.1 Å². The first-order valence-electron chi connectivity index (χ1n) is 10.6. The summed E-state index contributed by atoms with van der Waals surface area (Å²) < 4.78 is 7.37. The van der Waals surface area contributed by atoms with E-state index in [0.717, 1.165) is 35.3 Å². The Balaban J connectivity index is 1.69. The Hall–Kier alpha value is -3.64. The van der Waals surface area contributed by atoms with Crippen molar-refractivity contribution in [3.05, 3.63) is 95.4 Å². The predicted octanol–water partition coefficient (Wildman–Crippen LogP) is 4.04. The third-order valence-corrected chi connectivity index (χ3v) is 5.57. The van der Waals surface area contributed by atoms with E-state index in [2.05, 4.69) is 41.1 Å². The highest BCUT2D eigenvalue weighted by atomic mass is 16.5. The molecule has 2 N–H and O–H groups in total. The molecule has 2 heterocycles. The normalized spacial score (nSPS) is 11.2. The van der Waals surface area contributed by atoms with Crippen molar-refractivity contribution >= 4 is 16.8 Å². The highest BCUT2D eigenvalue weighted by Gasteiger charge is 2.15. The fourth-order valence-electron chi connectivity index (χ4n) is 4.01. The topological polar surface area (TPSA) is 73.4 Å². The average Bonchev–Trinajstić information content (AvgIpc) is 3.11. The van der Waals surface area contributed by atoms with E-state index in [0.29, 0.717) is 6.54 Å². The van der Waals surface area contributed by atoms with Crippen LogP contribution in [0.25, 0.3) is 10.9 Å². The maximum absolute atomic E-state index is 11.6. The molecule has 32 heavy (non-hydrogen) atoms. The molecule has 2 aromatic heterocycles. The number of fused-ring (bicyclic) bond motifs is 1. The molecule has 1 amide bonds. The number of nitrogens with two attached hydrogens (primary N) is 1. The Morgan fingerprint density at radius 3 is 2.34 bits per heavy atom. The molecule has 0 atom stereocenters. The second kappa shape index (κ2) is 9.66. The molecule has 6 heteroatoms. The fourth-order valence-corrected chi connectivity index (χ4v) is 4.01. The number of aryl methyl sites for hydroxylation is 1. The van der Waals surface area contributed by atoms with Crippen molar-refractivity contribution in [1.82, 2.24) is 14.5 Å². The van der Waals surface area contributed by atoms with Gasteiger partial charge in [0.25, 0.3) is 0 Å². The molecule has 4 aromatic rings. The first-order valence-corrected chi connectivity index (χ1v) is 10.6. The van der Waals surface area contributed by atoms with E-state index in [1.54, 1.807) is 7.11 Å². The van der Waals surface area contributed by atoms with Crippen LogP contribution in [0.2, 0.25) is 0 Å². The molecule has 0 radical (unpaired) electrons. The van der Waals surface area contributed by atoms with Crippen LogP contribution in [0.3, 0.4) is 0 Å². The largest absolute Gasteiger partial charge is 0.497 e. The fraction of sp³-hybridized carbons (Fsp3) is 0.231. The van der Waals surface area contributed by atoms with Crippen LogP contribution in [-0.4, -0.2) is 27.5 Å². The SMILES string of the molecule is COc1ccc2c(c1)c(CN(Cc1ccncc1)Cc1ccc(C)cc1)cn2CC(N)=O. The number of nitrogens with zero attached hydrogens (tertiary/aromatic N) is 3. The molecule has 4 rings (SSSR count). The number of ether oxygens (including phenoxy) is 1. The van der Waals surface area contributed by atoms with Crippen LogP contribution in [0.15, 0.2) is 73.2 Å². The Labute approximate surface area is 188 Å². The summed E-state index contributed by atoms with van der Waals surface area (Å²) in [6.07, 6.45) is 5.68. The summed E-state index contributed by atoms with van der Waals surface area (Å²) in [5.41, 5.74) is 11.3. The van der Waals surface area contributed by atoms with Gasteiger partial charge in [-0.15, -0.1) is 0 Å². The zero-order chi connectivity index (χ0) is 22.5. The van der Waals surface area contributed by atoms with Gasteiger partial charge in [-0.05, 0) is 53.9 Å². The summed E-state index contributed by atoms with van der Waals surface area (Å²) in [6, 6.07) is 18.6. The molecule has 6 nitrogen and oxygen atoms in total. The Bertz CT molecular complexity index is 1200. The molecule has 0 bridgehead atoms. The number of primary amides is 1. The smallest absolute Gasteiger partial charge is 0.237 e. The van der Waals surface area contributed by atoms with Crippen molar-refractivity contribution in [2.24, 2.45) is 5.73 Å². The zero-order valence-corrected chi connectivity index (χ0v) is 18.5. The number of aromatic nitrogens is 2. The molecule has 0 saturated heterocycles. The molecule has 0 aliphatic heterocycles. The van der Waals surface area contributed by atoms with E-state index in [-0.39, 0.29) is 12.5 Å². The lowest BCUT2D eigenvalue weighted by atomic mass is 10.1. The molecule has 0 aliphatic rings. The van der Waals surface area contributed by atoms with Gasteiger partial charge in [0.2, 0.25) is 5.91 Å². The van der Waals surface area contributed by atoms with E-state index < -0.39 is 0 Å². The molecule has 0 aliphatic carbocycles. The highest BCUT2D eigenvalue weighted by molar-refractivity contribution is 5.87. The van der Waals surface area contributed by atoms with Gasteiger partial charge in [0, 0.05) is 49.1 Å². The lowest BCUT2D eigenvalue weighted by Crippen LogP contribution is -2.22. The summed E-state index contributed by atoms with van der Waals surface area (Å²) in [5.74, 6) is 0.423. The number of carbonyl (C=O) groups is 1. The van der Waals surface area contributed by atoms with Gasteiger partial charge in [0.1, 0.15) is 12.3 Å². The lowest BCUT2D eigenvalue weighted by Gasteiger charge is -2.22. The minimum Gasteiger partial charge on any atom is -0.497 e. The molecular weight excluding hydrogens is 400 g/mol. The van der Waals surface area contributed by atoms with E-state index in [1.165, 1.54) is 16.7 Å². The van der Waals surface area contributed by atoms with Gasteiger partial charge >= 0.3 is 0 Å². The quantitative estimate of drug-likeness (QED) is 0.437. The average molecular weight is 429 g/mol. The Kier molecular flexibility index (Phi) is 6.52. The van der Waals surface area contributed by atoms with Gasteiger partial charge in [0.15, 0.2) is 0 Å². The van der Waals surface area contributed by atoms with Crippen LogP contribution in [0.5, 0.6) is 5.75 Å². The van der Waals surface area contributed by atoms with Crippen LogP contribution in [0.1, 0.15) is 22.3 Å². The summed E-state index contributed by atoms with van der Waals surface area (Å²) in [6.45, 7) is 4.54. The van der Waals surface area contributed by atoms with Crippen LogP contribution < -0.4 is 10.5 Å². The maximum Gasteiger partial charge on any atom is 0.237 e. The monoisotopic (exact) mass is 428 g/mol. The first kappa shape index (κ1) is 21.6. The first-order chi connectivity index (χ1) is 15.5. The van der Waals surface area contributed by atoms with Gasteiger partial charge in [-0.2, -0.15) is 0 Å². The third kappa shape index (κ3) is 5.15. The second-order valence-corrected chi connectivity index (χ2v) is 8.12. The number of pyridine rings is 1.